The lowest BCUT2D eigenvalue weighted by atomic mass is 9.90. The first-order valence-corrected chi connectivity index (χ1v) is 8.43. The van der Waals surface area contributed by atoms with Crippen molar-refractivity contribution in [1.29, 1.82) is 0 Å². The van der Waals surface area contributed by atoms with Gasteiger partial charge in [-0.1, -0.05) is 0 Å². The fourth-order valence-electron chi connectivity index (χ4n) is 3.10. The summed E-state index contributed by atoms with van der Waals surface area (Å²) in [4.78, 5) is 25.3. The van der Waals surface area contributed by atoms with Gasteiger partial charge in [0.15, 0.2) is 11.5 Å². The van der Waals surface area contributed by atoms with E-state index in [1.165, 1.54) is 19.2 Å². The fraction of sp³-hybridized carbons (Fsp3) is 0.588. The van der Waals surface area contributed by atoms with Crippen LogP contribution in [0.5, 0.6) is 11.5 Å². The summed E-state index contributed by atoms with van der Waals surface area (Å²) in [5.74, 6) is 0.567. The number of amides is 1. The van der Waals surface area contributed by atoms with Crippen molar-refractivity contribution in [1.82, 2.24) is 4.90 Å². The number of rotatable bonds is 6. The predicted octanol–water partition coefficient (Wildman–Crippen LogP) is 2.20. The third-order valence-electron chi connectivity index (χ3n) is 4.58. The van der Waals surface area contributed by atoms with E-state index < -0.39 is 4.92 Å². The number of nitrogens with zero attached hydrogens (tertiary/aromatic N) is 2. The van der Waals surface area contributed by atoms with Crippen molar-refractivity contribution in [2.45, 2.75) is 32.7 Å². The van der Waals surface area contributed by atoms with Crippen LogP contribution < -0.4 is 15.2 Å². The zero-order valence-corrected chi connectivity index (χ0v) is 14.9. The maximum Gasteiger partial charge on any atom is 0.286 e. The molecule has 8 heteroatoms. The molecular weight excluding hydrogens is 326 g/mol. The van der Waals surface area contributed by atoms with Crippen molar-refractivity contribution < 1.29 is 19.2 Å². The number of nitrogens with two attached hydrogens (primary N) is 1. The van der Waals surface area contributed by atoms with Crippen LogP contribution in [-0.2, 0) is 0 Å². The molecule has 0 spiro atoms. The molecule has 1 saturated heterocycles. The smallest absolute Gasteiger partial charge is 0.286 e. The first-order chi connectivity index (χ1) is 11.9. The second-order valence-electron chi connectivity index (χ2n) is 6.20. The largest absolute Gasteiger partial charge is 0.493 e. The van der Waals surface area contributed by atoms with Crippen molar-refractivity contribution in [3.8, 4) is 11.5 Å². The summed E-state index contributed by atoms with van der Waals surface area (Å²) < 4.78 is 10.6. The summed E-state index contributed by atoms with van der Waals surface area (Å²) in [5.41, 5.74) is 5.67. The number of hydrogen-bond acceptors (Lipinski definition) is 6. The number of benzene rings is 1. The number of carbonyl (C=O) groups excluding carboxylic acids is 1. The first kappa shape index (κ1) is 19.0. The quantitative estimate of drug-likeness (QED) is 0.622. The van der Waals surface area contributed by atoms with Crippen LogP contribution in [0.25, 0.3) is 0 Å². The highest BCUT2D eigenvalue weighted by Gasteiger charge is 2.31. The normalized spacial score (nSPS) is 16.4. The average molecular weight is 351 g/mol. The standard InChI is InChI=1S/C17H25N3O5/c1-4-25-16-9-13(14(20(22)23)10-15(16)24-3)17(21)19-7-5-12(6-8-19)11(2)18/h9-12H,4-8,18H2,1-3H3. The molecule has 1 atom stereocenters. The van der Waals surface area contributed by atoms with Gasteiger partial charge in [0.1, 0.15) is 5.56 Å². The Bertz CT molecular complexity index is 639. The summed E-state index contributed by atoms with van der Waals surface area (Å²) in [5, 5.41) is 11.4. The van der Waals surface area contributed by atoms with Gasteiger partial charge >= 0.3 is 0 Å². The van der Waals surface area contributed by atoms with E-state index in [9.17, 15) is 14.9 Å². The second-order valence-corrected chi connectivity index (χ2v) is 6.20. The van der Waals surface area contributed by atoms with E-state index in [1.807, 2.05) is 6.92 Å². The number of likely N-dealkylation sites (tertiary alicyclic amines) is 1. The number of hydrogen-bond donors (Lipinski definition) is 1. The number of nitro benzene ring substituents is 1. The topological polar surface area (TPSA) is 108 Å². The Morgan fingerprint density at radius 2 is 2.04 bits per heavy atom. The summed E-state index contributed by atoms with van der Waals surface area (Å²) in [7, 11) is 1.40. The molecule has 25 heavy (non-hydrogen) atoms. The van der Waals surface area contributed by atoms with Crippen molar-refractivity contribution >= 4 is 11.6 Å². The van der Waals surface area contributed by atoms with Gasteiger partial charge in [0.2, 0.25) is 0 Å². The Morgan fingerprint density at radius 3 is 2.52 bits per heavy atom. The van der Waals surface area contributed by atoms with Crippen LogP contribution in [0.2, 0.25) is 0 Å². The number of ether oxygens (including phenoxy) is 2. The molecule has 0 bridgehead atoms. The van der Waals surface area contributed by atoms with E-state index in [0.717, 1.165) is 12.8 Å². The zero-order valence-electron chi connectivity index (χ0n) is 14.9. The van der Waals surface area contributed by atoms with Crippen LogP contribution in [0.4, 0.5) is 5.69 Å². The van der Waals surface area contributed by atoms with E-state index in [0.29, 0.717) is 31.4 Å². The summed E-state index contributed by atoms with van der Waals surface area (Å²) in [6.07, 6.45) is 1.59. The van der Waals surface area contributed by atoms with Gasteiger partial charge in [-0.3, -0.25) is 14.9 Å². The Balaban J connectivity index is 2.31. The highest BCUT2D eigenvalue weighted by atomic mass is 16.6. The summed E-state index contributed by atoms with van der Waals surface area (Å²) >= 11 is 0. The van der Waals surface area contributed by atoms with Gasteiger partial charge in [0.05, 0.1) is 24.7 Å². The number of carbonyl (C=O) groups is 1. The molecule has 138 valence electrons. The highest BCUT2D eigenvalue weighted by molar-refractivity contribution is 5.99. The van der Waals surface area contributed by atoms with Crippen LogP contribution in [-0.4, -0.2) is 48.6 Å². The molecule has 8 nitrogen and oxygen atoms in total. The van der Waals surface area contributed by atoms with E-state index >= 15 is 0 Å². The SMILES string of the molecule is CCOc1cc(C(=O)N2CCC(C(C)N)CC2)c([N+](=O)[O-])cc1OC. The van der Waals surface area contributed by atoms with Crippen LogP contribution in [0.15, 0.2) is 12.1 Å². The molecule has 0 aromatic heterocycles. The predicted molar refractivity (Wildman–Crippen MR) is 93.1 cm³/mol. The molecule has 1 aliphatic rings. The van der Waals surface area contributed by atoms with Crippen LogP contribution in [0, 0.1) is 16.0 Å². The molecule has 2 rings (SSSR count). The minimum atomic E-state index is -0.569. The molecule has 2 N–H and O–H groups in total. The Morgan fingerprint density at radius 1 is 1.40 bits per heavy atom. The van der Waals surface area contributed by atoms with Crippen LogP contribution in [0.1, 0.15) is 37.0 Å². The molecule has 0 radical (unpaired) electrons. The first-order valence-electron chi connectivity index (χ1n) is 8.43. The molecule has 1 heterocycles. The molecule has 0 aliphatic carbocycles. The monoisotopic (exact) mass is 351 g/mol. The number of methoxy groups -OCH3 is 1. The molecule has 1 aliphatic heterocycles. The maximum atomic E-state index is 12.9. The minimum absolute atomic E-state index is 0.0218. The molecule has 1 aromatic carbocycles. The van der Waals surface area contributed by atoms with Crippen LogP contribution >= 0.6 is 0 Å². The van der Waals surface area contributed by atoms with Gasteiger partial charge in [-0.2, -0.15) is 0 Å². The zero-order chi connectivity index (χ0) is 18.6. The van der Waals surface area contributed by atoms with E-state index in [-0.39, 0.29) is 28.9 Å². The van der Waals surface area contributed by atoms with Gasteiger partial charge < -0.3 is 20.1 Å². The van der Waals surface area contributed by atoms with Crippen molar-refractivity contribution in [3.63, 3.8) is 0 Å². The molecule has 1 unspecified atom stereocenters. The molecule has 1 amide bonds. The lowest BCUT2D eigenvalue weighted by molar-refractivity contribution is -0.385. The third kappa shape index (κ3) is 4.19. The molecule has 1 aromatic rings. The lowest BCUT2D eigenvalue weighted by Crippen LogP contribution is -2.42. The van der Waals surface area contributed by atoms with E-state index in [2.05, 4.69) is 0 Å². The Labute approximate surface area is 147 Å². The second kappa shape index (κ2) is 8.15. The Hall–Kier alpha value is -2.35. The molecular formula is C17H25N3O5. The molecule has 1 fully saturated rings. The lowest BCUT2D eigenvalue weighted by Gasteiger charge is -2.33. The Kier molecular flexibility index (Phi) is 6.19. The van der Waals surface area contributed by atoms with Gasteiger partial charge in [-0.15, -0.1) is 0 Å². The summed E-state index contributed by atoms with van der Waals surface area (Å²) in [6.45, 7) is 5.20. The van der Waals surface area contributed by atoms with Crippen LogP contribution in [0.3, 0.4) is 0 Å². The minimum Gasteiger partial charge on any atom is -0.493 e. The third-order valence-corrected chi connectivity index (χ3v) is 4.58. The summed E-state index contributed by atoms with van der Waals surface area (Å²) in [6, 6.07) is 2.73. The fourth-order valence-corrected chi connectivity index (χ4v) is 3.10. The van der Waals surface area contributed by atoms with Gasteiger partial charge in [-0.05, 0) is 32.6 Å². The van der Waals surface area contributed by atoms with E-state index in [4.69, 9.17) is 15.2 Å². The highest BCUT2D eigenvalue weighted by Crippen LogP contribution is 2.36. The van der Waals surface area contributed by atoms with Crippen molar-refractivity contribution in [2.24, 2.45) is 11.7 Å². The van der Waals surface area contributed by atoms with Crippen molar-refractivity contribution in [2.75, 3.05) is 26.8 Å². The van der Waals surface area contributed by atoms with Gasteiger partial charge in [-0.25, -0.2) is 0 Å². The van der Waals surface area contributed by atoms with Crippen molar-refractivity contribution in [3.05, 3.63) is 27.8 Å². The number of nitro groups is 1. The van der Waals surface area contributed by atoms with Gasteiger partial charge in [0.25, 0.3) is 11.6 Å². The maximum absolute atomic E-state index is 12.9. The average Bonchev–Trinajstić information content (AvgIpc) is 2.60. The van der Waals surface area contributed by atoms with Gasteiger partial charge in [0, 0.05) is 25.2 Å². The molecule has 0 saturated carbocycles. The number of piperidine rings is 1. The van der Waals surface area contributed by atoms with E-state index in [1.54, 1.807) is 11.8 Å².